The van der Waals surface area contributed by atoms with Crippen molar-refractivity contribution in [3.05, 3.63) is 0 Å². The van der Waals surface area contributed by atoms with Gasteiger partial charge in [-0.25, -0.2) is 0 Å². The van der Waals surface area contributed by atoms with Gasteiger partial charge in [-0.3, -0.25) is 0 Å². The molecule has 0 aliphatic rings. The van der Waals surface area contributed by atoms with E-state index in [2.05, 4.69) is 0 Å². The third-order valence-corrected chi connectivity index (χ3v) is 1.30. The van der Waals surface area contributed by atoms with E-state index in [1.54, 1.807) is 0 Å². The van der Waals surface area contributed by atoms with Crippen LogP contribution in [0, 0.1) is 0 Å². The van der Waals surface area contributed by atoms with Gasteiger partial charge in [0.05, 0.1) is 25.9 Å². The summed E-state index contributed by atoms with van der Waals surface area (Å²) in [6, 6.07) is 0. The highest BCUT2D eigenvalue weighted by Crippen LogP contribution is 1.90. The van der Waals surface area contributed by atoms with Crippen LogP contribution in [-0.4, -0.2) is 44.4 Å². The highest BCUT2D eigenvalue weighted by molar-refractivity contribution is 4.34. The van der Waals surface area contributed by atoms with E-state index >= 15 is 0 Å². The lowest BCUT2D eigenvalue weighted by atomic mass is 10.5. The van der Waals surface area contributed by atoms with E-state index < -0.39 is 0 Å². The largest absolute Gasteiger partial charge is 0.394 e. The average molecular weight is 192 g/mol. The van der Waals surface area contributed by atoms with Crippen molar-refractivity contribution in [1.29, 1.82) is 0 Å². The van der Waals surface area contributed by atoms with E-state index in [4.69, 9.17) is 19.3 Å². The molecule has 1 N–H and O–H groups in total. The fourth-order valence-corrected chi connectivity index (χ4v) is 0.673. The Morgan fingerprint density at radius 2 is 1.77 bits per heavy atom. The first-order valence-electron chi connectivity index (χ1n) is 4.65. The molecule has 0 aliphatic heterocycles. The lowest BCUT2D eigenvalue weighted by Crippen LogP contribution is -2.09. The van der Waals surface area contributed by atoms with Crippen LogP contribution in [0.5, 0.6) is 0 Å². The van der Waals surface area contributed by atoms with Crippen molar-refractivity contribution in [2.45, 2.75) is 26.4 Å². The van der Waals surface area contributed by atoms with Crippen LogP contribution in [-0.2, 0) is 14.2 Å². The molecule has 0 aliphatic carbocycles. The predicted octanol–water partition coefficient (Wildman–Crippen LogP) is 0.784. The predicted molar refractivity (Wildman–Crippen MR) is 49.6 cm³/mol. The Hall–Kier alpha value is -0.160. The topological polar surface area (TPSA) is 47.9 Å². The molecular weight excluding hydrogens is 172 g/mol. The standard InChI is InChI=1S/C9H20O4/c1-9(2)13-8-12-6-3-5-11-7-4-10/h9-10H,3-8H2,1-2H3. The molecule has 0 rings (SSSR count). The molecule has 0 unspecified atom stereocenters. The van der Waals surface area contributed by atoms with E-state index in [1.165, 1.54) is 0 Å². The van der Waals surface area contributed by atoms with Crippen molar-refractivity contribution in [1.82, 2.24) is 0 Å². The van der Waals surface area contributed by atoms with Crippen molar-refractivity contribution in [3.63, 3.8) is 0 Å². The minimum atomic E-state index is 0.0807. The molecule has 0 saturated carbocycles. The highest BCUT2D eigenvalue weighted by Gasteiger charge is 1.92. The van der Waals surface area contributed by atoms with Crippen LogP contribution in [0.1, 0.15) is 20.3 Å². The molecule has 0 bridgehead atoms. The van der Waals surface area contributed by atoms with Gasteiger partial charge in [-0.2, -0.15) is 0 Å². The van der Waals surface area contributed by atoms with Gasteiger partial charge in [0.15, 0.2) is 0 Å². The normalized spacial score (nSPS) is 11.1. The smallest absolute Gasteiger partial charge is 0.147 e. The lowest BCUT2D eigenvalue weighted by molar-refractivity contribution is -0.0819. The molecule has 0 saturated heterocycles. The van der Waals surface area contributed by atoms with Gasteiger partial charge in [-0.1, -0.05) is 0 Å². The summed E-state index contributed by atoms with van der Waals surface area (Å²) in [6.07, 6.45) is 1.05. The van der Waals surface area contributed by atoms with Crippen LogP contribution in [0.2, 0.25) is 0 Å². The van der Waals surface area contributed by atoms with E-state index in [0.717, 1.165) is 6.42 Å². The van der Waals surface area contributed by atoms with E-state index in [1.807, 2.05) is 13.8 Å². The summed E-state index contributed by atoms with van der Waals surface area (Å²) in [6.45, 7) is 6.03. The summed E-state index contributed by atoms with van der Waals surface area (Å²) in [5.74, 6) is 0. The van der Waals surface area contributed by atoms with E-state index in [0.29, 0.717) is 26.6 Å². The summed E-state index contributed by atoms with van der Waals surface area (Å²) in [5, 5.41) is 8.39. The second kappa shape index (κ2) is 9.92. The fourth-order valence-electron chi connectivity index (χ4n) is 0.673. The first kappa shape index (κ1) is 12.8. The Kier molecular flexibility index (Phi) is 9.80. The van der Waals surface area contributed by atoms with Crippen LogP contribution in [0.15, 0.2) is 0 Å². The zero-order chi connectivity index (χ0) is 9.94. The van der Waals surface area contributed by atoms with Crippen molar-refractivity contribution < 1.29 is 19.3 Å². The molecule has 0 aromatic rings. The Balaban J connectivity index is 2.84. The first-order chi connectivity index (χ1) is 6.27. The quantitative estimate of drug-likeness (QED) is 0.433. The Morgan fingerprint density at radius 1 is 1.08 bits per heavy atom. The maximum Gasteiger partial charge on any atom is 0.147 e. The maximum absolute atomic E-state index is 8.39. The minimum Gasteiger partial charge on any atom is -0.394 e. The zero-order valence-corrected chi connectivity index (χ0v) is 8.49. The zero-order valence-electron chi connectivity index (χ0n) is 8.49. The molecule has 0 aromatic heterocycles. The van der Waals surface area contributed by atoms with Gasteiger partial charge in [0.1, 0.15) is 6.79 Å². The Labute approximate surface area is 79.8 Å². The molecule has 0 aromatic carbocycles. The second-order valence-corrected chi connectivity index (χ2v) is 2.93. The molecule has 13 heavy (non-hydrogen) atoms. The Bertz CT molecular complexity index is 95.6. The van der Waals surface area contributed by atoms with Crippen molar-refractivity contribution in [2.24, 2.45) is 0 Å². The van der Waals surface area contributed by atoms with Crippen LogP contribution in [0.3, 0.4) is 0 Å². The van der Waals surface area contributed by atoms with Gasteiger partial charge in [-0.15, -0.1) is 0 Å². The van der Waals surface area contributed by atoms with Gasteiger partial charge in [0, 0.05) is 6.61 Å². The summed E-state index contributed by atoms with van der Waals surface area (Å²) < 4.78 is 15.4. The van der Waals surface area contributed by atoms with Crippen molar-refractivity contribution >= 4 is 0 Å². The Morgan fingerprint density at radius 3 is 2.38 bits per heavy atom. The van der Waals surface area contributed by atoms with Crippen molar-refractivity contribution in [2.75, 3.05) is 33.2 Å². The number of rotatable bonds is 9. The molecular formula is C9H20O4. The molecule has 0 fully saturated rings. The number of hydrogen-bond acceptors (Lipinski definition) is 4. The molecule has 0 heterocycles. The van der Waals surface area contributed by atoms with Gasteiger partial charge in [-0.05, 0) is 20.3 Å². The van der Waals surface area contributed by atoms with Crippen LogP contribution < -0.4 is 0 Å². The van der Waals surface area contributed by atoms with Crippen LogP contribution in [0.25, 0.3) is 0 Å². The number of ether oxygens (including phenoxy) is 3. The third-order valence-electron chi connectivity index (χ3n) is 1.30. The van der Waals surface area contributed by atoms with E-state index in [9.17, 15) is 0 Å². The van der Waals surface area contributed by atoms with Gasteiger partial charge < -0.3 is 19.3 Å². The van der Waals surface area contributed by atoms with Crippen molar-refractivity contribution in [3.8, 4) is 0 Å². The number of aliphatic hydroxyl groups is 1. The van der Waals surface area contributed by atoms with Gasteiger partial charge in [0.25, 0.3) is 0 Å². The third kappa shape index (κ3) is 11.8. The molecule has 0 radical (unpaired) electrons. The summed E-state index contributed by atoms with van der Waals surface area (Å²) >= 11 is 0. The highest BCUT2D eigenvalue weighted by atomic mass is 16.7. The molecule has 0 spiro atoms. The lowest BCUT2D eigenvalue weighted by Gasteiger charge is -2.08. The van der Waals surface area contributed by atoms with Gasteiger partial charge >= 0.3 is 0 Å². The summed E-state index contributed by atoms with van der Waals surface area (Å²) in [7, 11) is 0. The van der Waals surface area contributed by atoms with Crippen LogP contribution in [0.4, 0.5) is 0 Å². The molecule has 4 nitrogen and oxygen atoms in total. The summed E-state index contributed by atoms with van der Waals surface area (Å²) in [4.78, 5) is 0. The van der Waals surface area contributed by atoms with Crippen LogP contribution >= 0.6 is 0 Å². The number of aliphatic hydroxyl groups excluding tert-OH is 1. The SMILES string of the molecule is CC(C)OCOCCCOCCO. The first-order valence-corrected chi connectivity index (χ1v) is 4.65. The molecule has 80 valence electrons. The molecule has 0 amide bonds. The fraction of sp³-hybridized carbons (Fsp3) is 1.00. The second-order valence-electron chi connectivity index (χ2n) is 2.93. The van der Waals surface area contributed by atoms with Gasteiger partial charge in [0.2, 0.25) is 0 Å². The number of hydrogen-bond donors (Lipinski definition) is 1. The molecule has 4 heteroatoms. The molecule has 0 atom stereocenters. The average Bonchev–Trinajstić information content (AvgIpc) is 2.09. The summed E-state index contributed by atoms with van der Waals surface area (Å²) in [5.41, 5.74) is 0. The van der Waals surface area contributed by atoms with E-state index in [-0.39, 0.29) is 12.7 Å². The monoisotopic (exact) mass is 192 g/mol. The minimum absolute atomic E-state index is 0.0807. The maximum atomic E-state index is 8.39.